The second-order valence-electron chi connectivity index (χ2n) is 6.34. The highest BCUT2D eigenvalue weighted by atomic mass is 16.4. The van der Waals surface area contributed by atoms with Gasteiger partial charge in [0.1, 0.15) is 6.33 Å². The predicted molar refractivity (Wildman–Crippen MR) is 98.4 cm³/mol. The molecule has 1 aromatic carbocycles. The maximum absolute atomic E-state index is 12.3. The summed E-state index contributed by atoms with van der Waals surface area (Å²) >= 11 is 0. The molecular formula is C19H21N5O3. The topological polar surface area (TPSA) is 109 Å². The Kier molecular flexibility index (Phi) is 5.44. The van der Waals surface area contributed by atoms with Crippen LogP contribution in [0.2, 0.25) is 0 Å². The van der Waals surface area contributed by atoms with Crippen LogP contribution in [0.5, 0.6) is 0 Å². The highest BCUT2D eigenvalue weighted by Crippen LogP contribution is 2.16. The number of carbonyl (C=O) groups excluding carboxylic acids is 1. The summed E-state index contributed by atoms with van der Waals surface area (Å²) in [6, 6.07) is 8.89. The van der Waals surface area contributed by atoms with Crippen molar-refractivity contribution in [2.45, 2.75) is 32.6 Å². The fourth-order valence-corrected chi connectivity index (χ4v) is 3.09. The maximum atomic E-state index is 12.3. The van der Waals surface area contributed by atoms with E-state index in [1.165, 1.54) is 6.33 Å². The number of carbonyl (C=O) groups is 2. The normalized spacial score (nSPS) is 12.1. The van der Waals surface area contributed by atoms with Crippen LogP contribution in [-0.2, 0) is 16.0 Å². The average molecular weight is 367 g/mol. The number of nitrogens with one attached hydrogen (secondary N) is 1. The molecule has 0 radical (unpaired) electrons. The van der Waals surface area contributed by atoms with E-state index in [9.17, 15) is 14.7 Å². The zero-order valence-electron chi connectivity index (χ0n) is 15.2. The molecule has 0 bridgehead atoms. The van der Waals surface area contributed by atoms with Crippen LogP contribution in [0.3, 0.4) is 0 Å². The van der Waals surface area contributed by atoms with Crippen molar-refractivity contribution in [1.82, 2.24) is 24.9 Å². The first kappa shape index (κ1) is 18.5. The zero-order chi connectivity index (χ0) is 19.4. The van der Waals surface area contributed by atoms with Crippen LogP contribution in [0, 0.1) is 13.8 Å². The van der Waals surface area contributed by atoms with E-state index >= 15 is 0 Å². The van der Waals surface area contributed by atoms with Crippen molar-refractivity contribution in [1.29, 1.82) is 0 Å². The number of fused-ring (bicyclic) bond motifs is 1. The molecule has 3 aromatic rings. The molecule has 8 nitrogen and oxygen atoms in total. The smallest absolute Gasteiger partial charge is 0.312 e. The van der Waals surface area contributed by atoms with Crippen LogP contribution in [0.4, 0.5) is 0 Å². The van der Waals surface area contributed by atoms with Gasteiger partial charge in [-0.15, -0.1) is 0 Å². The zero-order valence-corrected chi connectivity index (χ0v) is 15.2. The fraction of sp³-hybridized carbons (Fsp3) is 0.316. The molecule has 2 aromatic heterocycles. The summed E-state index contributed by atoms with van der Waals surface area (Å²) < 4.78 is 1.65. The summed E-state index contributed by atoms with van der Waals surface area (Å²) in [6.45, 7) is 3.85. The highest BCUT2D eigenvalue weighted by molar-refractivity contribution is 5.80. The molecule has 27 heavy (non-hydrogen) atoms. The van der Waals surface area contributed by atoms with Crippen molar-refractivity contribution in [3.8, 4) is 0 Å². The molecule has 2 N–H and O–H groups in total. The van der Waals surface area contributed by atoms with E-state index in [0.717, 1.165) is 17.0 Å². The van der Waals surface area contributed by atoms with Crippen molar-refractivity contribution in [2.24, 2.45) is 0 Å². The van der Waals surface area contributed by atoms with Crippen molar-refractivity contribution in [3.63, 3.8) is 0 Å². The number of carboxylic acid groups (broad SMARTS) is 1. The Morgan fingerprint density at radius 2 is 1.96 bits per heavy atom. The molecule has 140 valence electrons. The van der Waals surface area contributed by atoms with Crippen molar-refractivity contribution < 1.29 is 14.7 Å². The van der Waals surface area contributed by atoms with Gasteiger partial charge in [-0.25, -0.2) is 9.50 Å². The number of carboxylic acids is 1. The van der Waals surface area contributed by atoms with E-state index in [4.69, 9.17) is 0 Å². The van der Waals surface area contributed by atoms with Crippen LogP contribution in [-0.4, -0.2) is 43.1 Å². The molecule has 0 fully saturated rings. The van der Waals surface area contributed by atoms with E-state index in [0.29, 0.717) is 17.8 Å². The van der Waals surface area contributed by atoms with Crippen LogP contribution < -0.4 is 5.32 Å². The molecule has 2 heterocycles. The number of nitrogens with zero attached hydrogens (tertiary/aromatic N) is 4. The molecule has 8 heteroatoms. The van der Waals surface area contributed by atoms with Gasteiger partial charge in [-0.1, -0.05) is 30.3 Å². The molecule has 1 atom stereocenters. The van der Waals surface area contributed by atoms with E-state index < -0.39 is 11.9 Å². The quantitative estimate of drug-likeness (QED) is 0.657. The molecule has 0 spiro atoms. The Hall–Kier alpha value is -3.29. The molecule has 0 aliphatic rings. The lowest BCUT2D eigenvalue weighted by atomic mass is 9.99. The minimum absolute atomic E-state index is 0.0521. The lowest BCUT2D eigenvalue weighted by Crippen LogP contribution is -2.32. The fourth-order valence-electron chi connectivity index (χ4n) is 3.09. The van der Waals surface area contributed by atoms with Gasteiger partial charge in [0.25, 0.3) is 5.78 Å². The Labute approximate surface area is 156 Å². The van der Waals surface area contributed by atoms with E-state index in [2.05, 4.69) is 20.4 Å². The van der Waals surface area contributed by atoms with Crippen LogP contribution in [0.1, 0.15) is 34.9 Å². The van der Waals surface area contributed by atoms with Gasteiger partial charge in [0, 0.05) is 24.4 Å². The van der Waals surface area contributed by atoms with Gasteiger partial charge in [-0.3, -0.25) is 9.59 Å². The number of hydrogen-bond acceptors (Lipinski definition) is 5. The molecule has 1 amide bonds. The minimum Gasteiger partial charge on any atom is -0.481 e. The summed E-state index contributed by atoms with van der Waals surface area (Å²) in [4.78, 5) is 32.2. The van der Waals surface area contributed by atoms with E-state index in [1.807, 2.05) is 19.9 Å². The van der Waals surface area contributed by atoms with E-state index in [-0.39, 0.29) is 18.9 Å². The number of aromatic nitrogens is 4. The summed E-state index contributed by atoms with van der Waals surface area (Å²) in [5, 5.41) is 16.3. The Balaban J connectivity index is 1.62. The molecule has 0 aliphatic carbocycles. The predicted octanol–water partition coefficient (Wildman–Crippen LogP) is 1.66. The van der Waals surface area contributed by atoms with Crippen molar-refractivity contribution >= 4 is 17.7 Å². The third-order valence-electron chi connectivity index (χ3n) is 4.59. The Bertz CT molecular complexity index is 968. The first-order chi connectivity index (χ1) is 13.0. The maximum Gasteiger partial charge on any atom is 0.312 e. The molecule has 0 aliphatic heterocycles. The Morgan fingerprint density at radius 1 is 1.22 bits per heavy atom. The van der Waals surface area contributed by atoms with Gasteiger partial charge < -0.3 is 10.4 Å². The molecule has 0 saturated carbocycles. The van der Waals surface area contributed by atoms with Gasteiger partial charge in [0.05, 0.1) is 5.92 Å². The Morgan fingerprint density at radius 3 is 2.67 bits per heavy atom. The molecule has 0 saturated heterocycles. The molecule has 0 unspecified atom stereocenters. The number of aliphatic carboxylic acids is 1. The number of benzene rings is 1. The number of aryl methyl sites for hydroxylation is 2. The van der Waals surface area contributed by atoms with Gasteiger partial charge in [0.2, 0.25) is 5.91 Å². The highest BCUT2D eigenvalue weighted by Gasteiger charge is 2.20. The summed E-state index contributed by atoms with van der Waals surface area (Å²) in [5.74, 6) is -1.40. The molecular weight excluding hydrogens is 346 g/mol. The summed E-state index contributed by atoms with van der Waals surface area (Å²) in [6.07, 6.45) is 2.18. The van der Waals surface area contributed by atoms with Gasteiger partial charge in [0.15, 0.2) is 0 Å². The first-order valence-corrected chi connectivity index (χ1v) is 8.67. The second-order valence-corrected chi connectivity index (χ2v) is 6.34. The van der Waals surface area contributed by atoms with Gasteiger partial charge in [-0.2, -0.15) is 10.1 Å². The van der Waals surface area contributed by atoms with Crippen LogP contribution >= 0.6 is 0 Å². The van der Waals surface area contributed by atoms with Crippen molar-refractivity contribution in [3.05, 3.63) is 59.2 Å². The van der Waals surface area contributed by atoms with Gasteiger partial charge >= 0.3 is 5.97 Å². The lowest BCUT2D eigenvalue weighted by Gasteiger charge is -2.14. The average Bonchev–Trinajstić information content (AvgIpc) is 3.11. The number of hydrogen-bond donors (Lipinski definition) is 2. The first-order valence-electron chi connectivity index (χ1n) is 8.67. The second kappa shape index (κ2) is 7.94. The number of rotatable bonds is 7. The van der Waals surface area contributed by atoms with E-state index in [1.54, 1.807) is 28.8 Å². The third-order valence-corrected chi connectivity index (χ3v) is 4.59. The summed E-state index contributed by atoms with van der Waals surface area (Å²) in [5.41, 5.74) is 3.32. The van der Waals surface area contributed by atoms with Gasteiger partial charge in [-0.05, 0) is 31.4 Å². The minimum atomic E-state index is -0.964. The molecule has 3 rings (SSSR count). The lowest BCUT2D eigenvalue weighted by molar-refractivity contribution is -0.138. The third kappa shape index (κ3) is 4.11. The monoisotopic (exact) mass is 367 g/mol. The van der Waals surface area contributed by atoms with Crippen LogP contribution in [0.25, 0.3) is 5.78 Å². The van der Waals surface area contributed by atoms with Crippen molar-refractivity contribution in [2.75, 3.05) is 6.54 Å². The largest absolute Gasteiger partial charge is 0.481 e. The number of amides is 1. The standard InChI is InChI=1S/C19H21N5O3/c1-12-15(13(2)24-19(23-12)21-11-22-24)8-9-17(25)20-10-16(18(26)27)14-6-4-3-5-7-14/h3-7,11,16H,8-10H2,1-2H3,(H,20,25)(H,26,27)/t16-/m0/s1. The SMILES string of the molecule is Cc1nc2ncnn2c(C)c1CCC(=O)NC[C@H](C(=O)O)c1ccccc1. The van der Waals surface area contributed by atoms with Crippen LogP contribution in [0.15, 0.2) is 36.7 Å². The summed E-state index contributed by atoms with van der Waals surface area (Å²) in [7, 11) is 0.